The van der Waals surface area contributed by atoms with Gasteiger partial charge in [0.05, 0.1) is 20.1 Å². The molecule has 2 aromatic carbocycles. The molecule has 0 amide bonds. The van der Waals surface area contributed by atoms with Gasteiger partial charge in [-0.3, -0.25) is 0 Å². The van der Waals surface area contributed by atoms with Crippen molar-refractivity contribution in [3.8, 4) is 0 Å². The number of cyclic esters (lactones) is 1. The van der Waals surface area contributed by atoms with E-state index in [0.29, 0.717) is 31.2 Å². The van der Waals surface area contributed by atoms with Crippen LogP contribution in [0.3, 0.4) is 0 Å². The van der Waals surface area contributed by atoms with E-state index in [1.165, 1.54) is 0 Å². The summed E-state index contributed by atoms with van der Waals surface area (Å²) >= 11 is 23.6. The zero-order valence-corrected chi connectivity index (χ0v) is 14.3. The Morgan fingerprint density at radius 1 is 0.870 bits per heavy atom. The Balaban J connectivity index is 1.95. The van der Waals surface area contributed by atoms with Gasteiger partial charge in [0.15, 0.2) is 5.70 Å². The van der Waals surface area contributed by atoms with Crippen molar-refractivity contribution in [2.45, 2.75) is 0 Å². The quantitative estimate of drug-likeness (QED) is 0.494. The van der Waals surface area contributed by atoms with E-state index in [9.17, 15) is 4.79 Å². The van der Waals surface area contributed by atoms with Crippen molar-refractivity contribution in [2.75, 3.05) is 0 Å². The van der Waals surface area contributed by atoms with Crippen molar-refractivity contribution in [1.29, 1.82) is 0 Å². The Hall–Kier alpha value is -1.52. The molecule has 1 heterocycles. The maximum Gasteiger partial charge on any atom is 0.363 e. The van der Waals surface area contributed by atoms with Gasteiger partial charge in [-0.2, -0.15) is 0 Å². The average Bonchev–Trinajstić information content (AvgIpc) is 2.87. The lowest BCUT2D eigenvalue weighted by Crippen LogP contribution is -2.05. The lowest BCUT2D eigenvalue weighted by atomic mass is 10.2. The Morgan fingerprint density at radius 3 is 2.17 bits per heavy atom. The number of hydrogen-bond acceptors (Lipinski definition) is 3. The number of nitrogens with zero attached hydrogens (tertiary/aromatic N) is 1. The molecule has 2 aromatic rings. The molecule has 1 aliphatic rings. The lowest BCUT2D eigenvalue weighted by molar-refractivity contribution is -0.129. The molecule has 116 valence electrons. The van der Waals surface area contributed by atoms with Gasteiger partial charge in [0.1, 0.15) is 0 Å². The van der Waals surface area contributed by atoms with E-state index in [1.54, 1.807) is 42.5 Å². The number of aliphatic imine (C=N–C) groups is 1. The van der Waals surface area contributed by atoms with Gasteiger partial charge in [-0.05, 0) is 42.0 Å². The van der Waals surface area contributed by atoms with E-state index in [1.807, 2.05) is 0 Å². The first-order chi connectivity index (χ1) is 10.9. The minimum Gasteiger partial charge on any atom is -0.402 e. The zero-order chi connectivity index (χ0) is 16.6. The molecule has 0 bridgehead atoms. The van der Waals surface area contributed by atoms with Crippen LogP contribution in [0.1, 0.15) is 11.1 Å². The van der Waals surface area contributed by atoms with Crippen molar-refractivity contribution in [2.24, 2.45) is 4.99 Å². The van der Waals surface area contributed by atoms with Gasteiger partial charge in [-0.15, -0.1) is 0 Å². The fourth-order valence-electron chi connectivity index (χ4n) is 1.92. The van der Waals surface area contributed by atoms with Crippen molar-refractivity contribution < 1.29 is 9.53 Å². The fourth-order valence-corrected chi connectivity index (χ4v) is 2.53. The molecule has 0 fully saturated rings. The monoisotopic (exact) mass is 385 g/mol. The Bertz CT molecular complexity index is 874. The molecule has 0 saturated carbocycles. The van der Waals surface area contributed by atoms with Crippen LogP contribution in [0.15, 0.2) is 47.1 Å². The van der Waals surface area contributed by atoms with Crippen LogP contribution >= 0.6 is 46.4 Å². The van der Waals surface area contributed by atoms with E-state index in [4.69, 9.17) is 51.1 Å². The largest absolute Gasteiger partial charge is 0.402 e. The second-order valence-electron chi connectivity index (χ2n) is 4.64. The van der Waals surface area contributed by atoms with E-state index in [2.05, 4.69) is 4.99 Å². The number of esters is 1. The molecule has 7 heteroatoms. The maximum atomic E-state index is 11.9. The summed E-state index contributed by atoms with van der Waals surface area (Å²) in [7, 11) is 0. The summed E-state index contributed by atoms with van der Waals surface area (Å²) in [4.78, 5) is 16.1. The molecule has 0 N–H and O–H groups in total. The Kier molecular flexibility index (Phi) is 4.64. The molecule has 0 unspecified atom stereocenters. The topological polar surface area (TPSA) is 38.7 Å². The molecule has 1 aliphatic heterocycles. The van der Waals surface area contributed by atoms with E-state index in [0.717, 1.165) is 0 Å². The highest BCUT2D eigenvalue weighted by Crippen LogP contribution is 2.27. The predicted molar refractivity (Wildman–Crippen MR) is 93.5 cm³/mol. The summed E-state index contributed by atoms with van der Waals surface area (Å²) in [5.74, 6) is -0.392. The number of halogens is 4. The van der Waals surface area contributed by atoms with Crippen LogP contribution in [-0.2, 0) is 9.53 Å². The van der Waals surface area contributed by atoms with Gasteiger partial charge in [-0.25, -0.2) is 9.79 Å². The highest BCUT2D eigenvalue weighted by Gasteiger charge is 2.24. The van der Waals surface area contributed by atoms with Crippen LogP contribution in [0, 0.1) is 0 Å². The summed E-state index contributed by atoms with van der Waals surface area (Å²) in [5.41, 5.74) is 1.40. The van der Waals surface area contributed by atoms with Crippen molar-refractivity contribution in [1.82, 2.24) is 0 Å². The first kappa shape index (κ1) is 16.3. The van der Waals surface area contributed by atoms with Gasteiger partial charge < -0.3 is 4.74 Å². The molecule has 0 atom stereocenters. The highest BCUT2D eigenvalue weighted by atomic mass is 35.5. The van der Waals surface area contributed by atoms with Crippen molar-refractivity contribution in [3.63, 3.8) is 0 Å². The van der Waals surface area contributed by atoms with Crippen LogP contribution < -0.4 is 0 Å². The summed E-state index contributed by atoms with van der Waals surface area (Å²) in [6, 6.07) is 9.86. The number of hydrogen-bond donors (Lipinski definition) is 0. The standard InChI is InChI=1S/C16H7Cl4NO2/c17-10-3-1-8(5-12(10)19)6-14-16(22)23-15(21-14)9-2-4-11(18)13(20)7-9/h1-7H. The second-order valence-corrected chi connectivity index (χ2v) is 6.27. The van der Waals surface area contributed by atoms with Gasteiger partial charge in [-0.1, -0.05) is 52.5 Å². The third kappa shape index (κ3) is 3.54. The molecular weight excluding hydrogens is 380 g/mol. The maximum absolute atomic E-state index is 11.9. The molecule has 3 nitrogen and oxygen atoms in total. The summed E-state index contributed by atoms with van der Waals surface area (Å²) in [5, 5.41) is 1.58. The number of carbonyl (C=O) groups excluding carboxylic acids is 1. The normalized spacial score (nSPS) is 15.7. The molecule has 0 aromatic heterocycles. The summed E-state index contributed by atoms with van der Waals surface area (Å²) in [6.45, 7) is 0. The SMILES string of the molecule is O=C1OC(c2ccc(Cl)c(Cl)c2)=NC1=Cc1ccc(Cl)c(Cl)c1. The fraction of sp³-hybridized carbons (Fsp3) is 0. The van der Waals surface area contributed by atoms with E-state index >= 15 is 0 Å². The third-order valence-corrected chi connectivity index (χ3v) is 4.51. The van der Waals surface area contributed by atoms with Crippen LogP contribution in [0.5, 0.6) is 0 Å². The van der Waals surface area contributed by atoms with Gasteiger partial charge in [0, 0.05) is 5.56 Å². The van der Waals surface area contributed by atoms with Crippen LogP contribution in [-0.4, -0.2) is 11.9 Å². The van der Waals surface area contributed by atoms with Gasteiger partial charge in [0.25, 0.3) is 0 Å². The lowest BCUT2D eigenvalue weighted by Gasteiger charge is -2.01. The summed E-state index contributed by atoms with van der Waals surface area (Å²) < 4.78 is 5.16. The van der Waals surface area contributed by atoms with Crippen LogP contribution in [0.25, 0.3) is 6.08 Å². The van der Waals surface area contributed by atoms with Crippen molar-refractivity contribution >= 4 is 64.3 Å². The molecular formula is C16H7Cl4NO2. The second kappa shape index (κ2) is 6.54. The molecule has 0 spiro atoms. The Labute approximate surface area is 152 Å². The predicted octanol–water partition coefficient (Wildman–Crippen LogP) is 5.64. The highest BCUT2D eigenvalue weighted by molar-refractivity contribution is 6.42. The van der Waals surface area contributed by atoms with Crippen LogP contribution in [0.2, 0.25) is 20.1 Å². The molecule has 3 rings (SSSR count). The van der Waals surface area contributed by atoms with Gasteiger partial charge >= 0.3 is 5.97 Å². The smallest absolute Gasteiger partial charge is 0.363 e. The van der Waals surface area contributed by atoms with Gasteiger partial charge in [0.2, 0.25) is 5.90 Å². The minimum atomic E-state index is -0.558. The molecule has 0 radical (unpaired) electrons. The van der Waals surface area contributed by atoms with E-state index in [-0.39, 0.29) is 11.6 Å². The number of rotatable bonds is 2. The molecule has 0 aliphatic carbocycles. The Morgan fingerprint density at radius 2 is 1.52 bits per heavy atom. The molecule has 0 saturated heterocycles. The average molecular weight is 387 g/mol. The van der Waals surface area contributed by atoms with Crippen LogP contribution in [0.4, 0.5) is 0 Å². The van der Waals surface area contributed by atoms with E-state index < -0.39 is 5.97 Å². The number of benzene rings is 2. The molecule has 23 heavy (non-hydrogen) atoms. The zero-order valence-electron chi connectivity index (χ0n) is 11.3. The number of carbonyl (C=O) groups is 1. The first-order valence-corrected chi connectivity index (χ1v) is 7.88. The first-order valence-electron chi connectivity index (χ1n) is 6.37. The number of ether oxygens (including phenoxy) is 1. The third-order valence-electron chi connectivity index (χ3n) is 3.03. The minimum absolute atomic E-state index is 0.157. The van der Waals surface area contributed by atoms with Crippen molar-refractivity contribution in [3.05, 3.63) is 73.3 Å². The summed E-state index contributed by atoms with van der Waals surface area (Å²) in [6.07, 6.45) is 1.56.